The van der Waals surface area contributed by atoms with Crippen LogP contribution in [0.4, 0.5) is 0 Å². The normalized spacial score (nSPS) is 34.7. The highest BCUT2D eigenvalue weighted by atomic mass is 16.5. The molecule has 0 amide bonds. The summed E-state index contributed by atoms with van der Waals surface area (Å²) >= 11 is 0. The van der Waals surface area contributed by atoms with Crippen molar-refractivity contribution in [2.45, 2.75) is 39.5 Å². The summed E-state index contributed by atoms with van der Waals surface area (Å²) in [6.07, 6.45) is 3.37. The summed E-state index contributed by atoms with van der Waals surface area (Å²) in [5.74, 6) is 0.557. The molecular weight excluding hydrogens is 126 g/mol. The topological polar surface area (TPSA) is 21.6 Å². The lowest BCUT2D eigenvalue weighted by atomic mass is 10.1. The lowest BCUT2D eigenvalue weighted by Gasteiger charge is -2.15. The van der Waals surface area contributed by atoms with Gasteiger partial charge in [0.2, 0.25) is 0 Å². The van der Waals surface area contributed by atoms with E-state index in [4.69, 9.17) is 4.74 Å². The molecule has 0 N–H and O–H groups in total. The van der Waals surface area contributed by atoms with E-state index in [2.05, 4.69) is 18.8 Å². The second kappa shape index (κ2) is 3.15. The first kappa shape index (κ1) is 7.73. The highest BCUT2D eigenvalue weighted by Gasteiger charge is 2.21. The van der Waals surface area contributed by atoms with Crippen LogP contribution in [0.1, 0.15) is 27.2 Å². The van der Waals surface area contributed by atoms with Gasteiger partial charge in [0.15, 0.2) is 6.23 Å². The third kappa shape index (κ3) is 1.57. The maximum Gasteiger partial charge on any atom is 0.151 e. The van der Waals surface area contributed by atoms with Gasteiger partial charge in [-0.2, -0.15) is 0 Å². The van der Waals surface area contributed by atoms with Crippen LogP contribution in [-0.4, -0.2) is 18.5 Å². The molecule has 1 heterocycles. The maximum absolute atomic E-state index is 5.49. The number of nitrogens with zero attached hydrogens (tertiary/aromatic N) is 1. The standard InChI is InChI=1S/C8H15NO/c1-4-6(2)8-9-5-7(3)10-8/h5-8H,4H2,1-3H3/t6-,7-,8-/m0/s1. The van der Waals surface area contributed by atoms with E-state index < -0.39 is 0 Å². The van der Waals surface area contributed by atoms with Gasteiger partial charge in [-0.3, -0.25) is 4.99 Å². The second-order valence-electron chi connectivity index (χ2n) is 2.92. The predicted octanol–water partition coefficient (Wildman–Crippen LogP) is 1.85. The third-order valence-electron chi connectivity index (χ3n) is 1.93. The molecule has 0 spiro atoms. The minimum absolute atomic E-state index is 0.125. The van der Waals surface area contributed by atoms with E-state index >= 15 is 0 Å². The first-order chi connectivity index (χ1) is 4.74. The summed E-state index contributed by atoms with van der Waals surface area (Å²) in [5, 5.41) is 0. The van der Waals surface area contributed by atoms with Gasteiger partial charge in [0, 0.05) is 12.1 Å². The van der Waals surface area contributed by atoms with Crippen LogP contribution in [0.25, 0.3) is 0 Å². The summed E-state index contributed by atoms with van der Waals surface area (Å²) < 4.78 is 5.49. The molecule has 0 unspecified atom stereocenters. The van der Waals surface area contributed by atoms with Crippen LogP contribution in [0.3, 0.4) is 0 Å². The number of hydrogen-bond donors (Lipinski definition) is 0. The number of aliphatic imine (C=N–C) groups is 1. The molecule has 0 bridgehead atoms. The molecule has 0 aromatic heterocycles. The van der Waals surface area contributed by atoms with Crippen LogP contribution in [0, 0.1) is 5.92 Å². The molecule has 0 aliphatic carbocycles. The smallest absolute Gasteiger partial charge is 0.151 e. The van der Waals surface area contributed by atoms with Crippen molar-refractivity contribution in [2.24, 2.45) is 10.9 Å². The van der Waals surface area contributed by atoms with Gasteiger partial charge in [-0.05, 0) is 13.3 Å². The van der Waals surface area contributed by atoms with Crippen molar-refractivity contribution in [3.05, 3.63) is 0 Å². The fourth-order valence-electron chi connectivity index (χ4n) is 0.979. The molecule has 1 rings (SSSR count). The summed E-state index contributed by atoms with van der Waals surface area (Å²) in [4.78, 5) is 4.24. The minimum Gasteiger partial charge on any atom is -0.348 e. The van der Waals surface area contributed by atoms with E-state index in [0.29, 0.717) is 5.92 Å². The van der Waals surface area contributed by atoms with Crippen molar-refractivity contribution in [2.75, 3.05) is 0 Å². The lowest BCUT2D eigenvalue weighted by molar-refractivity contribution is 0.0250. The molecule has 10 heavy (non-hydrogen) atoms. The van der Waals surface area contributed by atoms with Crippen LogP contribution in [0.15, 0.2) is 4.99 Å². The van der Waals surface area contributed by atoms with Gasteiger partial charge in [-0.25, -0.2) is 0 Å². The summed E-state index contributed by atoms with van der Waals surface area (Å²) in [7, 11) is 0. The Morgan fingerprint density at radius 1 is 1.70 bits per heavy atom. The van der Waals surface area contributed by atoms with E-state index in [1.54, 1.807) is 0 Å². The van der Waals surface area contributed by atoms with E-state index in [1.807, 2.05) is 13.1 Å². The van der Waals surface area contributed by atoms with Gasteiger partial charge in [-0.15, -0.1) is 0 Å². The Hall–Kier alpha value is -0.370. The summed E-state index contributed by atoms with van der Waals surface area (Å²) in [6.45, 7) is 6.35. The van der Waals surface area contributed by atoms with Crippen LogP contribution in [0.5, 0.6) is 0 Å². The largest absolute Gasteiger partial charge is 0.348 e. The monoisotopic (exact) mass is 141 g/mol. The molecule has 2 nitrogen and oxygen atoms in total. The maximum atomic E-state index is 5.49. The molecule has 1 aliphatic heterocycles. The molecule has 0 aromatic carbocycles. The third-order valence-corrected chi connectivity index (χ3v) is 1.93. The Kier molecular flexibility index (Phi) is 2.44. The highest BCUT2D eigenvalue weighted by Crippen LogP contribution is 2.17. The van der Waals surface area contributed by atoms with Crippen molar-refractivity contribution in [1.29, 1.82) is 0 Å². The van der Waals surface area contributed by atoms with Gasteiger partial charge in [0.1, 0.15) is 0 Å². The fraction of sp³-hybridized carbons (Fsp3) is 0.875. The van der Waals surface area contributed by atoms with Crippen molar-refractivity contribution in [3.63, 3.8) is 0 Å². The van der Waals surface area contributed by atoms with E-state index in [-0.39, 0.29) is 12.3 Å². The van der Waals surface area contributed by atoms with Gasteiger partial charge >= 0.3 is 0 Å². The Balaban J connectivity index is 2.38. The van der Waals surface area contributed by atoms with Crippen molar-refractivity contribution in [3.8, 4) is 0 Å². The van der Waals surface area contributed by atoms with Crippen molar-refractivity contribution >= 4 is 6.21 Å². The molecular formula is C8H15NO. The quantitative estimate of drug-likeness (QED) is 0.575. The summed E-state index contributed by atoms with van der Waals surface area (Å²) in [5.41, 5.74) is 0. The molecule has 2 heteroatoms. The van der Waals surface area contributed by atoms with Crippen LogP contribution < -0.4 is 0 Å². The van der Waals surface area contributed by atoms with Crippen LogP contribution in [0.2, 0.25) is 0 Å². The van der Waals surface area contributed by atoms with E-state index in [1.165, 1.54) is 0 Å². The van der Waals surface area contributed by atoms with Gasteiger partial charge in [-0.1, -0.05) is 13.8 Å². The average molecular weight is 141 g/mol. The van der Waals surface area contributed by atoms with E-state index in [0.717, 1.165) is 6.42 Å². The molecule has 0 aromatic rings. The first-order valence-electron chi connectivity index (χ1n) is 3.92. The zero-order chi connectivity index (χ0) is 7.56. The molecule has 1 aliphatic rings. The van der Waals surface area contributed by atoms with Crippen LogP contribution in [-0.2, 0) is 4.74 Å². The predicted molar refractivity (Wildman–Crippen MR) is 42.3 cm³/mol. The van der Waals surface area contributed by atoms with Crippen LogP contribution >= 0.6 is 0 Å². The lowest BCUT2D eigenvalue weighted by Crippen LogP contribution is -2.17. The number of rotatable bonds is 2. The Bertz CT molecular complexity index is 133. The Labute approximate surface area is 62.3 Å². The first-order valence-corrected chi connectivity index (χ1v) is 3.92. The second-order valence-corrected chi connectivity index (χ2v) is 2.92. The molecule has 0 fully saturated rings. The van der Waals surface area contributed by atoms with Gasteiger partial charge in [0.05, 0.1) is 6.10 Å². The molecule has 0 saturated carbocycles. The zero-order valence-corrected chi connectivity index (χ0v) is 6.87. The van der Waals surface area contributed by atoms with Gasteiger partial charge in [0.25, 0.3) is 0 Å². The average Bonchev–Trinajstić information content (AvgIpc) is 2.34. The summed E-state index contributed by atoms with van der Waals surface area (Å²) in [6, 6.07) is 0. The zero-order valence-electron chi connectivity index (χ0n) is 6.87. The van der Waals surface area contributed by atoms with Crippen molar-refractivity contribution < 1.29 is 4.74 Å². The van der Waals surface area contributed by atoms with Gasteiger partial charge < -0.3 is 4.74 Å². The molecule has 0 saturated heterocycles. The number of hydrogen-bond acceptors (Lipinski definition) is 2. The van der Waals surface area contributed by atoms with E-state index in [9.17, 15) is 0 Å². The SMILES string of the molecule is CC[C@H](C)[C@H]1N=C[C@H](C)O1. The fourth-order valence-corrected chi connectivity index (χ4v) is 0.979. The number of ether oxygens (including phenoxy) is 1. The molecule has 58 valence electrons. The van der Waals surface area contributed by atoms with Crippen molar-refractivity contribution in [1.82, 2.24) is 0 Å². The molecule has 0 radical (unpaired) electrons. The molecule has 3 atom stereocenters. The highest BCUT2D eigenvalue weighted by molar-refractivity contribution is 5.64. The Morgan fingerprint density at radius 2 is 2.40 bits per heavy atom. The minimum atomic E-state index is 0.125. The Morgan fingerprint density at radius 3 is 2.80 bits per heavy atom.